The Morgan fingerprint density at radius 3 is 2.33 bits per heavy atom. The summed E-state index contributed by atoms with van der Waals surface area (Å²) in [7, 11) is 0. The smallest absolute Gasteiger partial charge is 0.456 e. The normalized spacial score (nSPS) is 14.1. The molecule has 0 aliphatic heterocycles. The fourth-order valence-electron chi connectivity index (χ4n) is 0.306. The number of alkyl halides is 3. The van der Waals surface area contributed by atoms with Crippen LogP contribution in [0.5, 0.6) is 0 Å². The molecule has 0 radical (unpaired) electrons. The molecule has 12 heavy (non-hydrogen) atoms. The lowest BCUT2D eigenvalue weighted by Gasteiger charge is -2.09. The average Bonchev–Trinajstić information content (AvgIpc) is 1.97. The number of carbonyl (C=O) groups is 1. The second kappa shape index (κ2) is 4.27. The van der Waals surface area contributed by atoms with Crippen molar-refractivity contribution in [2.45, 2.75) is 12.3 Å². The number of hydrogen-bond acceptors (Lipinski definition) is 4. The van der Waals surface area contributed by atoms with E-state index in [0.29, 0.717) is 0 Å². The number of carbonyl (C=O) groups excluding carboxylic acids is 1. The van der Waals surface area contributed by atoms with E-state index >= 15 is 0 Å². The first-order valence-corrected chi connectivity index (χ1v) is 2.90. The molecule has 0 saturated carbocycles. The minimum Gasteiger partial charge on any atom is -0.456 e. The van der Waals surface area contributed by atoms with Crippen molar-refractivity contribution in [1.82, 2.24) is 0 Å². The molecule has 0 rings (SSSR count). The lowest BCUT2D eigenvalue weighted by Crippen LogP contribution is -2.30. The lowest BCUT2D eigenvalue weighted by molar-refractivity contribution is -0.202. The Balaban J connectivity index is 3.73. The van der Waals surface area contributed by atoms with Gasteiger partial charge in [-0.3, -0.25) is 0 Å². The van der Waals surface area contributed by atoms with Crippen LogP contribution in [0.25, 0.3) is 0 Å². The molecule has 0 spiro atoms. The molecule has 0 aliphatic carbocycles. The van der Waals surface area contributed by atoms with Gasteiger partial charge in [0.1, 0.15) is 12.7 Å². The molecule has 0 aromatic carbocycles. The molecule has 0 aromatic rings. The van der Waals surface area contributed by atoms with Crippen LogP contribution in [-0.4, -0.2) is 41.7 Å². The Hall–Kier alpha value is -0.820. The van der Waals surface area contributed by atoms with E-state index in [1.54, 1.807) is 0 Å². The SMILES string of the molecule is O=C(OCC(O)CO)C(F)(F)F. The van der Waals surface area contributed by atoms with Crippen molar-refractivity contribution in [3.63, 3.8) is 0 Å². The maximum Gasteiger partial charge on any atom is 0.490 e. The van der Waals surface area contributed by atoms with E-state index in [9.17, 15) is 18.0 Å². The Kier molecular flexibility index (Phi) is 3.98. The summed E-state index contributed by atoms with van der Waals surface area (Å²) in [6, 6.07) is 0. The van der Waals surface area contributed by atoms with Crippen molar-refractivity contribution in [3.8, 4) is 0 Å². The molecule has 2 N–H and O–H groups in total. The largest absolute Gasteiger partial charge is 0.490 e. The second-order valence-corrected chi connectivity index (χ2v) is 1.93. The van der Waals surface area contributed by atoms with Gasteiger partial charge >= 0.3 is 12.1 Å². The predicted molar refractivity (Wildman–Crippen MR) is 30.1 cm³/mol. The molecule has 0 aliphatic rings. The summed E-state index contributed by atoms with van der Waals surface area (Å²) in [6.45, 7) is -1.63. The minimum absolute atomic E-state index is 0.759. The first-order chi connectivity index (χ1) is 5.38. The summed E-state index contributed by atoms with van der Waals surface area (Å²) in [5, 5.41) is 16.6. The average molecular weight is 188 g/mol. The van der Waals surface area contributed by atoms with Crippen LogP contribution in [0.1, 0.15) is 0 Å². The van der Waals surface area contributed by atoms with Gasteiger partial charge in [0.05, 0.1) is 6.61 Å². The monoisotopic (exact) mass is 188 g/mol. The Labute approximate surface area is 65.6 Å². The van der Waals surface area contributed by atoms with Gasteiger partial charge in [-0.05, 0) is 0 Å². The molecule has 4 nitrogen and oxygen atoms in total. The molecule has 1 atom stereocenters. The fraction of sp³-hybridized carbons (Fsp3) is 0.800. The van der Waals surface area contributed by atoms with Gasteiger partial charge in [0, 0.05) is 0 Å². The van der Waals surface area contributed by atoms with E-state index in [0.717, 1.165) is 0 Å². The zero-order chi connectivity index (χ0) is 9.78. The minimum atomic E-state index is -5.06. The summed E-state index contributed by atoms with van der Waals surface area (Å²) in [5.74, 6) is -2.38. The van der Waals surface area contributed by atoms with Crippen LogP contribution in [0.4, 0.5) is 13.2 Å². The number of halogens is 3. The van der Waals surface area contributed by atoms with E-state index in [4.69, 9.17) is 10.2 Å². The van der Waals surface area contributed by atoms with Crippen LogP contribution < -0.4 is 0 Å². The highest BCUT2D eigenvalue weighted by Gasteiger charge is 2.41. The summed E-state index contributed by atoms with van der Waals surface area (Å²) in [4.78, 5) is 9.94. The quantitative estimate of drug-likeness (QED) is 0.583. The van der Waals surface area contributed by atoms with Crippen LogP contribution in [0.15, 0.2) is 0 Å². The first kappa shape index (κ1) is 11.2. The predicted octanol–water partition coefficient (Wildman–Crippen LogP) is -0.555. The Bertz CT molecular complexity index is 155. The summed E-state index contributed by atoms with van der Waals surface area (Å²) >= 11 is 0. The van der Waals surface area contributed by atoms with Crippen LogP contribution in [0.2, 0.25) is 0 Å². The molecule has 0 bridgehead atoms. The molecular formula is C5H7F3O4. The van der Waals surface area contributed by atoms with Gasteiger partial charge in [0.15, 0.2) is 0 Å². The van der Waals surface area contributed by atoms with E-state index < -0.39 is 31.5 Å². The highest BCUT2D eigenvalue weighted by atomic mass is 19.4. The van der Waals surface area contributed by atoms with Crippen LogP contribution >= 0.6 is 0 Å². The molecule has 0 amide bonds. The van der Waals surface area contributed by atoms with Crippen molar-refractivity contribution in [2.24, 2.45) is 0 Å². The van der Waals surface area contributed by atoms with E-state index in [2.05, 4.69) is 4.74 Å². The van der Waals surface area contributed by atoms with Gasteiger partial charge in [0.25, 0.3) is 0 Å². The molecule has 0 saturated heterocycles. The van der Waals surface area contributed by atoms with Crippen molar-refractivity contribution < 1.29 is 32.9 Å². The number of hydrogen-bond donors (Lipinski definition) is 2. The summed E-state index contributed by atoms with van der Waals surface area (Å²) < 4.78 is 37.7. The maximum atomic E-state index is 11.4. The molecule has 72 valence electrons. The molecule has 0 heterocycles. The summed E-state index contributed by atoms with van der Waals surface area (Å²) in [6.07, 6.45) is -6.54. The van der Waals surface area contributed by atoms with E-state index in [1.165, 1.54) is 0 Å². The van der Waals surface area contributed by atoms with E-state index in [1.807, 2.05) is 0 Å². The fourth-order valence-corrected chi connectivity index (χ4v) is 0.306. The van der Waals surface area contributed by atoms with Gasteiger partial charge in [-0.2, -0.15) is 13.2 Å². The topological polar surface area (TPSA) is 66.8 Å². The van der Waals surface area contributed by atoms with Crippen LogP contribution in [-0.2, 0) is 9.53 Å². The van der Waals surface area contributed by atoms with Crippen molar-refractivity contribution in [3.05, 3.63) is 0 Å². The standard InChI is InChI=1S/C5H7F3O4/c6-5(7,8)4(11)12-2-3(10)1-9/h3,9-10H,1-2H2. The first-order valence-electron chi connectivity index (χ1n) is 2.90. The summed E-state index contributed by atoms with van der Waals surface area (Å²) in [5.41, 5.74) is 0. The van der Waals surface area contributed by atoms with Gasteiger partial charge in [-0.25, -0.2) is 4.79 Å². The highest BCUT2D eigenvalue weighted by molar-refractivity contribution is 5.75. The maximum absolute atomic E-state index is 11.4. The molecule has 0 aromatic heterocycles. The number of aliphatic hydroxyl groups excluding tert-OH is 2. The third kappa shape index (κ3) is 4.14. The molecular weight excluding hydrogens is 181 g/mol. The third-order valence-corrected chi connectivity index (χ3v) is 0.849. The van der Waals surface area contributed by atoms with Gasteiger partial charge < -0.3 is 14.9 Å². The zero-order valence-electron chi connectivity index (χ0n) is 5.84. The van der Waals surface area contributed by atoms with Gasteiger partial charge in [0.2, 0.25) is 0 Å². The second-order valence-electron chi connectivity index (χ2n) is 1.93. The van der Waals surface area contributed by atoms with Crippen molar-refractivity contribution in [1.29, 1.82) is 0 Å². The number of esters is 1. The van der Waals surface area contributed by atoms with Gasteiger partial charge in [-0.1, -0.05) is 0 Å². The molecule has 0 fully saturated rings. The number of aliphatic hydroxyl groups is 2. The van der Waals surface area contributed by atoms with E-state index in [-0.39, 0.29) is 0 Å². The van der Waals surface area contributed by atoms with Crippen LogP contribution in [0, 0.1) is 0 Å². The zero-order valence-corrected chi connectivity index (χ0v) is 5.84. The van der Waals surface area contributed by atoms with Crippen LogP contribution in [0.3, 0.4) is 0 Å². The molecule has 1 unspecified atom stereocenters. The van der Waals surface area contributed by atoms with Crippen molar-refractivity contribution >= 4 is 5.97 Å². The number of ether oxygens (including phenoxy) is 1. The lowest BCUT2D eigenvalue weighted by atomic mass is 10.4. The van der Waals surface area contributed by atoms with Crippen molar-refractivity contribution in [2.75, 3.05) is 13.2 Å². The Morgan fingerprint density at radius 1 is 1.50 bits per heavy atom. The number of rotatable bonds is 3. The van der Waals surface area contributed by atoms with Gasteiger partial charge in [-0.15, -0.1) is 0 Å². The highest BCUT2D eigenvalue weighted by Crippen LogP contribution is 2.16. The Morgan fingerprint density at radius 2 is 2.00 bits per heavy atom. The molecule has 7 heteroatoms. The third-order valence-electron chi connectivity index (χ3n) is 0.849.